The minimum absolute atomic E-state index is 0.869. The van der Waals surface area contributed by atoms with Crippen molar-refractivity contribution in [2.75, 3.05) is 0 Å². The third kappa shape index (κ3) is 6.19. The topological polar surface area (TPSA) is 25.8 Å². The molecule has 63 heavy (non-hydrogen) atoms. The summed E-state index contributed by atoms with van der Waals surface area (Å²) < 4.78 is 6.49. The van der Waals surface area contributed by atoms with Gasteiger partial charge in [0.15, 0.2) is 0 Å². The Morgan fingerprint density at radius 1 is 0.302 bits per heavy atom. The fourth-order valence-corrected chi connectivity index (χ4v) is 12.7. The standard InChI is InChI=1S/C58H34N2S3/c1-3-25-52-46(19-1)48-23-9-21-44(56(48)61-52)41-16-6-13-37(30-41)35-11-5-12-36(29-35)40-27-28-54-50(33-40)55-58(63-54)59-34-51(60-55)43-18-8-15-39(32-43)38-14-7-17-42(31-38)45-22-10-24-49-47-20-2-4-26-53(47)62-57(45)49/h1-34H. The maximum Gasteiger partial charge on any atom is 0.143 e. The van der Waals surface area contributed by atoms with Crippen molar-refractivity contribution in [1.82, 2.24) is 9.97 Å². The van der Waals surface area contributed by atoms with E-state index in [1.54, 1.807) is 11.3 Å². The average Bonchev–Trinajstić information content (AvgIpc) is 4.05. The Kier molecular flexibility index (Phi) is 8.48. The normalized spacial score (nSPS) is 11.8. The molecule has 0 saturated heterocycles. The summed E-state index contributed by atoms with van der Waals surface area (Å²) >= 11 is 5.45. The van der Waals surface area contributed by atoms with Crippen molar-refractivity contribution in [3.63, 3.8) is 0 Å². The predicted octanol–water partition coefficient (Wildman–Crippen LogP) is 17.6. The highest BCUT2D eigenvalue weighted by atomic mass is 32.1. The van der Waals surface area contributed by atoms with Crippen LogP contribution in [0.1, 0.15) is 0 Å². The number of fused-ring (bicyclic) bond motifs is 9. The summed E-state index contributed by atoms with van der Waals surface area (Å²) in [7, 11) is 0. The molecule has 13 aromatic rings. The van der Waals surface area contributed by atoms with Crippen LogP contribution in [-0.2, 0) is 0 Å². The SMILES string of the molecule is c1cc(-c2cccc(-c3cccc4c3sc3ccccc34)c2)cc(-c2ccc3sc4ncc(-c5cccc(-c6cccc(-c7cccc8c7sc7ccccc78)c6)c5)nc4c3c2)c1. The lowest BCUT2D eigenvalue weighted by Gasteiger charge is -2.10. The molecule has 0 aliphatic carbocycles. The van der Waals surface area contributed by atoms with E-state index in [9.17, 15) is 0 Å². The highest BCUT2D eigenvalue weighted by molar-refractivity contribution is 7.27. The second kappa shape index (κ2) is 14.7. The van der Waals surface area contributed by atoms with Gasteiger partial charge in [-0.15, -0.1) is 34.0 Å². The second-order valence-corrected chi connectivity index (χ2v) is 19.2. The average molecular weight is 855 g/mol. The lowest BCUT2D eigenvalue weighted by atomic mass is 9.95. The molecule has 0 aliphatic rings. The van der Waals surface area contributed by atoms with E-state index in [2.05, 4.69) is 200 Å². The monoisotopic (exact) mass is 854 g/mol. The van der Waals surface area contributed by atoms with Crippen molar-refractivity contribution in [3.05, 3.63) is 206 Å². The van der Waals surface area contributed by atoms with Gasteiger partial charge in [-0.2, -0.15) is 0 Å². The highest BCUT2D eigenvalue weighted by Crippen LogP contribution is 2.43. The minimum Gasteiger partial charge on any atom is -0.243 e. The third-order valence-electron chi connectivity index (χ3n) is 12.4. The molecule has 0 N–H and O–H groups in total. The van der Waals surface area contributed by atoms with E-state index >= 15 is 0 Å². The molecule has 13 rings (SSSR count). The van der Waals surface area contributed by atoms with E-state index < -0.39 is 0 Å². The molecule has 9 aromatic carbocycles. The number of aromatic nitrogens is 2. The lowest BCUT2D eigenvalue weighted by molar-refractivity contribution is 1.32. The molecule has 0 spiro atoms. The van der Waals surface area contributed by atoms with E-state index in [-0.39, 0.29) is 0 Å². The molecule has 0 unspecified atom stereocenters. The molecule has 0 radical (unpaired) electrons. The first-order chi connectivity index (χ1) is 31.2. The summed E-state index contributed by atoms with van der Waals surface area (Å²) in [6.45, 7) is 0. The zero-order valence-electron chi connectivity index (χ0n) is 33.7. The molecule has 2 nitrogen and oxygen atoms in total. The molecule has 0 bridgehead atoms. The number of thiophene rings is 3. The Labute approximate surface area is 375 Å². The Balaban J connectivity index is 0.829. The van der Waals surface area contributed by atoms with E-state index in [1.807, 2.05) is 28.9 Å². The molecule has 0 saturated carbocycles. The van der Waals surface area contributed by atoms with Gasteiger partial charge in [0, 0.05) is 56.0 Å². The van der Waals surface area contributed by atoms with E-state index in [1.165, 1.54) is 89.6 Å². The van der Waals surface area contributed by atoms with Gasteiger partial charge in [0.25, 0.3) is 0 Å². The fourth-order valence-electron chi connectivity index (χ4n) is 9.27. The zero-order chi connectivity index (χ0) is 41.4. The highest BCUT2D eigenvalue weighted by Gasteiger charge is 2.15. The quantitative estimate of drug-likeness (QED) is 0.167. The lowest BCUT2D eigenvalue weighted by Crippen LogP contribution is -1.88. The first-order valence-corrected chi connectivity index (χ1v) is 23.6. The van der Waals surface area contributed by atoms with Crippen molar-refractivity contribution in [2.45, 2.75) is 0 Å². The molecule has 0 aliphatic heterocycles. The largest absolute Gasteiger partial charge is 0.243 e. The number of rotatable bonds is 6. The van der Waals surface area contributed by atoms with Crippen LogP contribution in [0.3, 0.4) is 0 Å². The van der Waals surface area contributed by atoms with Crippen LogP contribution >= 0.6 is 34.0 Å². The maximum atomic E-state index is 5.31. The molecule has 0 atom stereocenters. The molecule has 0 fully saturated rings. The van der Waals surface area contributed by atoms with Gasteiger partial charge in [0.2, 0.25) is 0 Å². The summed E-state index contributed by atoms with van der Waals surface area (Å²) in [4.78, 5) is 11.2. The molecule has 294 valence electrons. The Morgan fingerprint density at radius 2 is 0.730 bits per heavy atom. The zero-order valence-corrected chi connectivity index (χ0v) is 36.2. The number of benzene rings is 9. The van der Waals surface area contributed by atoms with Crippen molar-refractivity contribution in [1.29, 1.82) is 0 Å². The van der Waals surface area contributed by atoms with Crippen LogP contribution in [0, 0.1) is 0 Å². The summed E-state index contributed by atoms with van der Waals surface area (Å²) in [6.07, 6.45) is 1.93. The van der Waals surface area contributed by atoms with Crippen LogP contribution in [-0.4, -0.2) is 9.97 Å². The van der Waals surface area contributed by atoms with Gasteiger partial charge in [0.1, 0.15) is 10.3 Å². The first kappa shape index (κ1) is 36.4. The number of hydrogen-bond acceptors (Lipinski definition) is 5. The van der Waals surface area contributed by atoms with Crippen LogP contribution in [0.4, 0.5) is 0 Å². The smallest absolute Gasteiger partial charge is 0.143 e. The Bertz CT molecular complexity index is 3690. The van der Waals surface area contributed by atoms with E-state index in [0.717, 1.165) is 38.1 Å². The van der Waals surface area contributed by atoms with Crippen LogP contribution < -0.4 is 0 Å². The number of nitrogens with zero attached hydrogens (tertiary/aromatic N) is 2. The van der Waals surface area contributed by atoms with Crippen LogP contribution in [0.25, 0.3) is 128 Å². The first-order valence-electron chi connectivity index (χ1n) is 21.1. The molecule has 5 heteroatoms. The summed E-state index contributed by atoms with van der Waals surface area (Å²) in [5, 5.41) is 6.41. The van der Waals surface area contributed by atoms with Gasteiger partial charge < -0.3 is 0 Å². The van der Waals surface area contributed by atoms with Gasteiger partial charge in [-0.25, -0.2) is 9.97 Å². The van der Waals surface area contributed by atoms with Crippen LogP contribution in [0.15, 0.2) is 206 Å². The summed E-state index contributed by atoms with van der Waals surface area (Å²) in [5.41, 5.74) is 14.9. The molecule has 4 heterocycles. The maximum absolute atomic E-state index is 5.31. The van der Waals surface area contributed by atoms with Gasteiger partial charge in [0.05, 0.1) is 11.9 Å². The van der Waals surface area contributed by atoms with Crippen LogP contribution in [0.5, 0.6) is 0 Å². The molecular weight excluding hydrogens is 821 g/mol. The summed E-state index contributed by atoms with van der Waals surface area (Å²) in [5.74, 6) is 0. The van der Waals surface area contributed by atoms with Crippen molar-refractivity contribution in [3.8, 4) is 66.9 Å². The molecule has 4 aromatic heterocycles. The Hall–Kier alpha value is -7.28. The van der Waals surface area contributed by atoms with E-state index in [4.69, 9.17) is 9.97 Å². The van der Waals surface area contributed by atoms with Gasteiger partial charge in [-0.1, -0.05) is 152 Å². The molecule has 0 amide bonds. The fraction of sp³-hybridized carbons (Fsp3) is 0. The number of hydrogen-bond donors (Lipinski definition) is 0. The Morgan fingerprint density at radius 3 is 1.30 bits per heavy atom. The van der Waals surface area contributed by atoms with E-state index in [0.29, 0.717) is 0 Å². The predicted molar refractivity (Wildman–Crippen MR) is 273 cm³/mol. The van der Waals surface area contributed by atoms with Crippen molar-refractivity contribution >= 4 is 94.8 Å². The van der Waals surface area contributed by atoms with Crippen LogP contribution in [0.2, 0.25) is 0 Å². The second-order valence-electron chi connectivity index (χ2n) is 16.1. The summed E-state index contributed by atoms with van der Waals surface area (Å²) in [6, 6.07) is 73.1. The van der Waals surface area contributed by atoms with Crippen molar-refractivity contribution < 1.29 is 0 Å². The van der Waals surface area contributed by atoms with Crippen molar-refractivity contribution in [2.24, 2.45) is 0 Å². The van der Waals surface area contributed by atoms with Gasteiger partial charge >= 0.3 is 0 Å². The molecular formula is C58H34N2S3. The third-order valence-corrected chi connectivity index (χ3v) is 15.9. The van der Waals surface area contributed by atoms with Gasteiger partial charge in [-0.05, 0) is 104 Å². The minimum atomic E-state index is 0.869. The van der Waals surface area contributed by atoms with Gasteiger partial charge in [-0.3, -0.25) is 0 Å².